The van der Waals surface area contributed by atoms with Crippen LogP contribution in [0, 0.1) is 13.8 Å². The van der Waals surface area contributed by atoms with Crippen LogP contribution in [-0.4, -0.2) is 27.0 Å². The Morgan fingerprint density at radius 3 is 2.41 bits per heavy atom. The molecule has 0 radical (unpaired) electrons. The second-order valence-electron chi connectivity index (χ2n) is 3.99. The van der Waals surface area contributed by atoms with Crippen molar-refractivity contribution in [2.75, 3.05) is 20.8 Å². The Morgan fingerprint density at radius 2 is 1.88 bits per heavy atom. The van der Waals surface area contributed by atoms with E-state index in [0.29, 0.717) is 0 Å². The van der Waals surface area contributed by atoms with Gasteiger partial charge in [-0.25, -0.2) is 0 Å². The highest BCUT2D eigenvalue weighted by Crippen LogP contribution is 2.32. The third-order valence-electron chi connectivity index (χ3n) is 2.83. The lowest BCUT2D eigenvalue weighted by Gasteiger charge is -2.14. The maximum absolute atomic E-state index is 5.44. The summed E-state index contributed by atoms with van der Waals surface area (Å²) in [6.45, 7) is 7.01. The average Bonchev–Trinajstić information content (AvgIpc) is 2.34. The topological polar surface area (TPSA) is 30.8 Å². The Kier molecular flexibility index (Phi) is 5.01. The fraction of sp³-hybridized carbons (Fsp3) is 0.500. The van der Waals surface area contributed by atoms with Gasteiger partial charge in [-0.15, -0.1) is 0 Å². The van der Waals surface area contributed by atoms with Crippen LogP contribution in [0.2, 0.25) is 0 Å². The lowest BCUT2D eigenvalue weighted by atomic mass is 10.0. The molecule has 1 rings (SSSR count). The van der Waals surface area contributed by atoms with Crippen molar-refractivity contribution in [1.29, 1.82) is 0 Å². The molecule has 0 spiro atoms. The molecule has 0 aromatic heterocycles. The molecule has 94 valence electrons. The summed E-state index contributed by atoms with van der Waals surface area (Å²) in [5, 5.41) is 0. The number of methoxy groups -OCH3 is 2. The molecule has 17 heavy (non-hydrogen) atoms. The molecule has 0 fully saturated rings. The third-order valence-corrected chi connectivity index (χ3v) is 2.83. The van der Waals surface area contributed by atoms with Crippen LogP contribution in [-0.2, 0) is 0 Å². The molecule has 0 aliphatic carbocycles. The lowest BCUT2D eigenvalue weighted by Crippen LogP contribution is -1.99. The smallest absolute Gasteiger partial charge is 0.131 e. The van der Waals surface area contributed by atoms with Gasteiger partial charge in [0.15, 0.2) is 0 Å². The van der Waals surface area contributed by atoms with Gasteiger partial charge in [-0.1, -0.05) is 6.92 Å². The van der Waals surface area contributed by atoms with Crippen molar-refractivity contribution in [3.63, 3.8) is 0 Å². The zero-order chi connectivity index (χ0) is 12.8. The van der Waals surface area contributed by atoms with Crippen molar-refractivity contribution in [2.45, 2.75) is 27.2 Å². The number of benzene rings is 1. The molecule has 0 bridgehead atoms. The first-order valence-corrected chi connectivity index (χ1v) is 5.87. The van der Waals surface area contributed by atoms with E-state index in [2.05, 4.69) is 11.9 Å². The number of rotatable bonds is 5. The van der Waals surface area contributed by atoms with Crippen LogP contribution in [0.1, 0.15) is 30.0 Å². The Labute approximate surface area is 103 Å². The van der Waals surface area contributed by atoms with E-state index in [9.17, 15) is 0 Å². The summed E-state index contributed by atoms with van der Waals surface area (Å²) in [7, 11) is 3.37. The summed E-state index contributed by atoms with van der Waals surface area (Å²) in [5.74, 6) is 1.75. The van der Waals surface area contributed by atoms with Gasteiger partial charge in [0.1, 0.15) is 11.5 Å². The number of aliphatic imine (C=N–C) groups is 1. The minimum absolute atomic E-state index is 0.832. The molecule has 0 atom stereocenters. The summed E-state index contributed by atoms with van der Waals surface area (Å²) in [6, 6.07) is 1.97. The third kappa shape index (κ3) is 2.99. The van der Waals surface area contributed by atoms with Crippen LogP contribution < -0.4 is 9.47 Å². The monoisotopic (exact) mass is 235 g/mol. The summed E-state index contributed by atoms with van der Waals surface area (Å²) < 4.78 is 10.8. The summed E-state index contributed by atoms with van der Waals surface area (Å²) in [4.78, 5) is 4.35. The molecule has 3 nitrogen and oxygen atoms in total. The molecule has 0 N–H and O–H groups in total. The maximum atomic E-state index is 5.44. The van der Waals surface area contributed by atoms with Gasteiger partial charge in [-0.2, -0.15) is 0 Å². The Morgan fingerprint density at radius 1 is 1.18 bits per heavy atom. The van der Waals surface area contributed by atoms with Crippen LogP contribution in [0.4, 0.5) is 0 Å². The number of ether oxygens (including phenoxy) is 2. The first-order valence-electron chi connectivity index (χ1n) is 5.87. The fourth-order valence-electron chi connectivity index (χ4n) is 1.76. The van der Waals surface area contributed by atoms with Crippen molar-refractivity contribution in [3.05, 3.63) is 22.8 Å². The Hall–Kier alpha value is -1.51. The SMILES string of the molecule is CCCN=Cc1cc(OC)c(C)c(C)c1OC. The van der Waals surface area contributed by atoms with E-state index < -0.39 is 0 Å². The van der Waals surface area contributed by atoms with E-state index in [-0.39, 0.29) is 0 Å². The molecule has 0 unspecified atom stereocenters. The van der Waals surface area contributed by atoms with Crippen LogP contribution >= 0.6 is 0 Å². The van der Waals surface area contributed by atoms with E-state index in [1.54, 1.807) is 14.2 Å². The van der Waals surface area contributed by atoms with E-state index >= 15 is 0 Å². The molecule has 3 heteroatoms. The fourth-order valence-corrected chi connectivity index (χ4v) is 1.76. The van der Waals surface area contributed by atoms with Crippen LogP contribution in [0.25, 0.3) is 0 Å². The Bertz CT molecular complexity index is 411. The zero-order valence-electron chi connectivity index (χ0n) is 11.3. The van der Waals surface area contributed by atoms with E-state index in [1.165, 1.54) is 0 Å². The number of hydrogen-bond donors (Lipinski definition) is 0. The summed E-state index contributed by atoms with van der Waals surface area (Å²) in [6.07, 6.45) is 2.90. The second-order valence-corrected chi connectivity index (χ2v) is 3.99. The second kappa shape index (κ2) is 6.28. The first kappa shape index (κ1) is 13.6. The van der Waals surface area contributed by atoms with Gasteiger partial charge in [0.25, 0.3) is 0 Å². The molecule has 0 saturated carbocycles. The van der Waals surface area contributed by atoms with Gasteiger partial charge >= 0.3 is 0 Å². The average molecular weight is 235 g/mol. The Balaban J connectivity index is 3.22. The van der Waals surface area contributed by atoms with Crippen molar-refractivity contribution in [2.24, 2.45) is 4.99 Å². The van der Waals surface area contributed by atoms with Gasteiger partial charge in [-0.3, -0.25) is 4.99 Å². The first-order chi connectivity index (χ1) is 8.15. The van der Waals surface area contributed by atoms with Gasteiger partial charge in [0, 0.05) is 18.3 Å². The zero-order valence-corrected chi connectivity index (χ0v) is 11.3. The molecule has 1 aromatic rings. The molecule has 1 aromatic carbocycles. The van der Waals surface area contributed by atoms with Crippen LogP contribution in [0.3, 0.4) is 0 Å². The van der Waals surface area contributed by atoms with Gasteiger partial charge < -0.3 is 9.47 Å². The molecule has 0 saturated heterocycles. The highest BCUT2D eigenvalue weighted by molar-refractivity contribution is 5.85. The number of hydrogen-bond acceptors (Lipinski definition) is 3. The minimum atomic E-state index is 0.832. The standard InChI is InChI=1S/C14H21NO2/c1-6-7-15-9-12-8-13(16-4)10(2)11(3)14(12)17-5/h8-9H,6-7H2,1-5H3. The molecular formula is C14H21NO2. The van der Waals surface area contributed by atoms with Crippen molar-refractivity contribution in [3.8, 4) is 11.5 Å². The number of nitrogens with zero attached hydrogens (tertiary/aromatic N) is 1. The minimum Gasteiger partial charge on any atom is -0.496 e. The summed E-state index contributed by atoms with van der Waals surface area (Å²) in [5.41, 5.74) is 3.18. The van der Waals surface area contributed by atoms with E-state index in [4.69, 9.17) is 9.47 Å². The van der Waals surface area contributed by atoms with Crippen LogP contribution in [0.15, 0.2) is 11.1 Å². The van der Waals surface area contributed by atoms with Crippen molar-refractivity contribution < 1.29 is 9.47 Å². The lowest BCUT2D eigenvalue weighted by molar-refractivity contribution is 0.397. The largest absolute Gasteiger partial charge is 0.496 e. The molecule has 0 aliphatic rings. The van der Waals surface area contributed by atoms with Gasteiger partial charge in [0.05, 0.1) is 14.2 Å². The highest BCUT2D eigenvalue weighted by atomic mass is 16.5. The normalized spacial score (nSPS) is 10.9. The van der Waals surface area contributed by atoms with E-state index in [0.717, 1.165) is 41.2 Å². The predicted octanol–water partition coefficient (Wildman–Crippen LogP) is 3.15. The van der Waals surface area contributed by atoms with Gasteiger partial charge in [0.2, 0.25) is 0 Å². The van der Waals surface area contributed by atoms with Crippen molar-refractivity contribution >= 4 is 6.21 Å². The molecule has 0 aliphatic heterocycles. The maximum Gasteiger partial charge on any atom is 0.131 e. The van der Waals surface area contributed by atoms with Gasteiger partial charge in [-0.05, 0) is 37.5 Å². The highest BCUT2D eigenvalue weighted by Gasteiger charge is 2.12. The van der Waals surface area contributed by atoms with Crippen molar-refractivity contribution in [1.82, 2.24) is 0 Å². The molecule has 0 heterocycles. The van der Waals surface area contributed by atoms with E-state index in [1.807, 2.05) is 26.1 Å². The predicted molar refractivity (Wildman–Crippen MR) is 71.8 cm³/mol. The molecule has 0 amide bonds. The molecular weight excluding hydrogens is 214 g/mol. The quantitative estimate of drug-likeness (QED) is 0.734. The summed E-state index contributed by atoms with van der Waals surface area (Å²) >= 11 is 0. The van der Waals surface area contributed by atoms with Crippen LogP contribution in [0.5, 0.6) is 11.5 Å².